The summed E-state index contributed by atoms with van der Waals surface area (Å²) in [5, 5.41) is 12.2. The van der Waals surface area contributed by atoms with Crippen molar-refractivity contribution in [2.75, 3.05) is 12.0 Å². The molecule has 2 amide bonds. The number of hydrogen-bond donors (Lipinski definition) is 2. The average molecular weight is 326 g/mol. The molecule has 128 valence electrons. The summed E-state index contributed by atoms with van der Waals surface area (Å²) >= 11 is 0. The summed E-state index contributed by atoms with van der Waals surface area (Å²) in [5.74, 6) is -0.436. The topological polar surface area (TPSA) is 78.9 Å². The maximum Gasteiger partial charge on any atom is 0.253 e. The Balaban J connectivity index is 2.89. The van der Waals surface area contributed by atoms with Crippen LogP contribution in [0.3, 0.4) is 0 Å². The Kier molecular flexibility index (Phi) is 7.47. The first-order valence-electron chi connectivity index (χ1n) is 7.45. The number of carbonyl (C=O) groups is 2. The van der Waals surface area contributed by atoms with Gasteiger partial charge in [0.05, 0.1) is 18.8 Å². The van der Waals surface area contributed by atoms with Gasteiger partial charge in [0, 0.05) is 0 Å². The molecule has 7 heteroatoms. The predicted octanol–water partition coefficient (Wildman–Crippen LogP) is 1.62. The molecular weight excluding hydrogens is 303 g/mol. The summed E-state index contributed by atoms with van der Waals surface area (Å²) < 4.78 is 18.6. The van der Waals surface area contributed by atoms with Crippen molar-refractivity contribution in [1.29, 1.82) is 0 Å². The lowest BCUT2D eigenvalue weighted by Gasteiger charge is -2.29. The van der Waals surface area contributed by atoms with E-state index in [4.69, 9.17) is 4.74 Å². The second-order valence-corrected chi connectivity index (χ2v) is 5.13. The maximum absolute atomic E-state index is 13.5. The highest BCUT2D eigenvalue weighted by atomic mass is 19.1. The monoisotopic (exact) mass is 326 g/mol. The number of nitrogens with zero attached hydrogens (tertiary/aromatic N) is 1. The summed E-state index contributed by atoms with van der Waals surface area (Å²) in [6.07, 6.45) is -1.87. The second kappa shape index (κ2) is 9.09. The number of alkyl halides is 1. The summed E-state index contributed by atoms with van der Waals surface area (Å²) in [4.78, 5) is 24.5. The van der Waals surface area contributed by atoms with Gasteiger partial charge in [0.15, 0.2) is 12.4 Å². The van der Waals surface area contributed by atoms with Crippen molar-refractivity contribution >= 4 is 18.0 Å². The van der Waals surface area contributed by atoms with Crippen LogP contribution in [0.4, 0.5) is 10.1 Å². The number of benzene rings is 1. The van der Waals surface area contributed by atoms with E-state index in [1.807, 2.05) is 0 Å². The van der Waals surface area contributed by atoms with Crippen molar-refractivity contribution in [1.82, 2.24) is 5.32 Å². The van der Waals surface area contributed by atoms with Crippen molar-refractivity contribution in [3.63, 3.8) is 0 Å². The Bertz CT molecular complexity index is 527. The van der Waals surface area contributed by atoms with Crippen LogP contribution >= 0.6 is 0 Å². The maximum atomic E-state index is 13.5. The molecule has 0 heterocycles. The van der Waals surface area contributed by atoms with Gasteiger partial charge < -0.3 is 20.1 Å². The predicted molar refractivity (Wildman–Crippen MR) is 85.0 cm³/mol. The van der Waals surface area contributed by atoms with Gasteiger partial charge in [-0.2, -0.15) is 0 Å². The highest BCUT2D eigenvalue weighted by Gasteiger charge is 2.30. The zero-order chi connectivity index (χ0) is 17.4. The molecular formula is C16H23FN2O4. The van der Waals surface area contributed by atoms with Gasteiger partial charge in [0.2, 0.25) is 6.41 Å². The van der Waals surface area contributed by atoms with Gasteiger partial charge in [0.1, 0.15) is 5.75 Å². The lowest BCUT2D eigenvalue weighted by Crippen LogP contribution is -2.50. The second-order valence-electron chi connectivity index (χ2n) is 5.13. The fourth-order valence-electron chi connectivity index (χ4n) is 2.15. The number of para-hydroxylation sites is 2. The van der Waals surface area contributed by atoms with Crippen LogP contribution in [0.1, 0.15) is 26.7 Å². The SMILES string of the molecule is CCCC(F)NC(=O)C(O)C(C)N(C=O)c1ccccc1OC. The largest absolute Gasteiger partial charge is 0.495 e. The molecule has 0 saturated heterocycles. The molecule has 0 bridgehead atoms. The quantitative estimate of drug-likeness (QED) is 0.534. The van der Waals surface area contributed by atoms with Crippen LogP contribution in [-0.2, 0) is 9.59 Å². The van der Waals surface area contributed by atoms with E-state index < -0.39 is 24.3 Å². The van der Waals surface area contributed by atoms with Crippen LogP contribution < -0.4 is 15.0 Å². The molecule has 0 aliphatic rings. The molecule has 0 aliphatic heterocycles. The van der Waals surface area contributed by atoms with Gasteiger partial charge >= 0.3 is 0 Å². The lowest BCUT2D eigenvalue weighted by molar-refractivity contribution is -0.132. The number of amides is 2. The molecule has 0 radical (unpaired) electrons. The summed E-state index contributed by atoms with van der Waals surface area (Å²) in [7, 11) is 1.45. The summed E-state index contributed by atoms with van der Waals surface area (Å²) in [6.45, 7) is 3.28. The number of nitrogens with one attached hydrogen (secondary N) is 1. The number of halogens is 1. The van der Waals surface area contributed by atoms with E-state index in [0.29, 0.717) is 24.3 Å². The smallest absolute Gasteiger partial charge is 0.253 e. The van der Waals surface area contributed by atoms with E-state index in [1.165, 1.54) is 18.9 Å². The van der Waals surface area contributed by atoms with Gasteiger partial charge in [-0.15, -0.1) is 0 Å². The van der Waals surface area contributed by atoms with Crippen LogP contribution in [0.15, 0.2) is 24.3 Å². The number of ether oxygens (including phenoxy) is 1. The molecule has 0 saturated carbocycles. The number of aliphatic hydroxyl groups is 1. The van der Waals surface area contributed by atoms with Gasteiger partial charge in [0.25, 0.3) is 5.91 Å². The van der Waals surface area contributed by atoms with Gasteiger partial charge in [-0.1, -0.05) is 25.5 Å². The van der Waals surface area contributed by atoms with E-state index in [0.717, 1.165) is 0 Å². The Morgan fingerprint density at radius 1 is 1.48 bits per heavy atom. The number of hydrogen-bond acceptors (Lipinski definition) is 4. The third kappa shape index (κ3) is 4.92. The minimum atomic E-state index is -1.57. The number of anilines is 1. The molecule has 0 aromatic heterocycles. The van der Waals surface area contributed by atoms with E-state index in [1.54, 1.807) is 31.2 Å². The van der Waals surface area contributed by atoms with Crippen LogP contribution in [0.2, 0.25) is 0 Å². The van der Waals surface area contributed by atoms with Crippen molar-refractivity contribution in [2.24, 2.45) is 0 Å². The standard InChI is InChI=1S/C16H23FN2O4/c1-4-7-14(17)18-16(22)15(21)11(2)19(10-20)12-8-5-6-9-13(12)23-3/h5-6,8-11,14-15,21H,4,7H2,1-3H3,(H,18,22). The molecule has 0 spiro atoms. The Labute approximate surface area is 135 Å². The minimum Gasteiger partial charge on any atom is -0.495 e. The van der Waals surface area contributed by atoms with Crippen molar-refractivity contribution in [3.8, 4) is 5.75 Å². The fourth-order valence-corrected chi connectivity index (χ4v) is 2.15. The molecule has 23 heavy (non-hydrogen) atoms. The van der Waals surface area contributed by atoms with Crippen LogP contribution in [-0.4, -0.2) is 43.0 Å². The molecule has 3 atom stereocenters. The van der Waals surface area contributed by atoms with E-state index in [9.17, 15) is 19.1 Å². The van der Waals surface area contributed by atoms with Gasteiger partial charge in [-0.05, 0) is 25.5 Å². The first kappa shape index (κ1) is 18.9. The van der Waals surface area contributed by atoms with Crippen molar-refractivity contribution < 1.29 is 23.8 Å². The third-order valence-electron chi connectivity index (χ3n) is 3.48. The Hall–Kier alpha value is -2.15. The molecule has 0 fully saturated rings. The van der Waals surface area contributed by atoms with Gasteiger partial charge in [-0.3, -0.25) is 9.59 Å². The van der Waals surface area contributed by atoms with E-state index in [2.05, 4.69) is 5.32 Å². The first-order valence-corrected chi connectivity index (χ1v) is 7.45. The third-order valence-corrected chi connectivity index (χ3v) is 3.48. The zero-order valence-corrected chi connectivity index (χ0v) is 13.5. The van der Waals surface area contributed by atoms with E-state index in [-0.39, 0.29) is 6.42 Å². The number of carbonyl (C=O) groups excluding carboxylic acids is 2. The molecule has 2 N–H and O–H groups in total. The van der Waals surface area contributed by atoms with Crippen molar-refractivity contribution in [2.45, 2.75) is 45.1 Å². The molecule has 1 aromatic rings. The Morgan fingerprint density at radius 3 is 2.70 bits per heavy atom. The van der Waals surface area contributed by atoms with Crippen LogP contribution in [0.25, 0.3) is 0 Å². The highest BCUT2D eigenvalue weighted by Crippen LogP contribution is 2.28. The fraction of sp³-hybridized carbons (Fsp3) is 0.500. The lowest BCUT2D eigenvalue weighted by atomic mass is 10.1. The minimum absolute atomic E-state index is 0.163. The van der Waals surface area contributed by atoms with Crippen LogP contribution in [0, 0.1) is 0 Å². The van der Waals surface area contributed by atoms with E-state index >= 15 is 0 Å². The average Bonchev–Trinajstić information content (AvgIpc) is 2.55. The number of rotatable bonds is 9. The number of aliphatic hydroxyl groups excluding tert-OH is 1. The summed E-state index contributed by atoms with van der Waals surface area (Å²) in [5.41, 5.74) is 0.412. The normalized spacial score (nSPS) is 14.5. The molecule has 6 nitrogen and oxygen atoms in total. The first-order chi connectivity index (χ1) is 11.0. The zero-order valence-electron chi connectivity index (χ0n) is 13.5. The van der Waals surface area contributed by atoms with Gasteiger partial charge in [-0.25, -0.2) is 4.39 Å². The Morgan fingerprint density at radius 2 is 2.13 bits per heavy atom. The van der Waals surface area contributed by atoms with Crippen molar-refractivity contribution in [3.05, 3.63) is 24.3 Å². The van der Waals surface area contributed by atoms with Crippen LogP contribution in [0.5, 0.6) is 5.75 Å². The summed E-state index contributed by atoms with van der Waals surface area (Å²) in [6, 6.07) is 5.83. The molecule has 1 rings (SSSR count). The molecule has 0 aliphatic carbocycles. The molecule has 3 unspecified atom stereocenters. The number of methoxy groups -OCH3 is 1. The molecule has 1 aromatic carbocycles. The highest BCUT2D eigenvalue weighted by molar-refractivity contribution is 5.86.